The maximum absolute atomic E-state index is 11.1. The zero-order valence-electron chi connectivity index (χ0n) is 12.1. The van der Waals surface area contributed by atoms with Gasteiger partial charge in [-0.3, -0.25) is 0 Å². The van der Waals surface area contributed by atoms with Gasteiger partial charge in [-0.15, -0.1) is 0 Å². The van der Waals surface area contributed by atoms with Crippen LogP contribution in [0, 0.1) is 0 Å². The molecule has 1 unspecified atom stereocenters. The summed E-state index contributed by atoms with van der Waals surface area (Å²) in [6.07, 6.45) is -0.0381. The fourth-order valence-corrected chi connectivity index (χ4v) is 1.70. The van der Waals surface area contributed by atoms with Crippen LogP contribution in [0.3, 0.4) is 0 Å². The molecule has 0 amide bonds. The van der Waals surface area contributed by atoms with Gasteiger partial charge in [0.1, 0.15) is 5.82 Å². The summed E-state index contributed by atoms with van der Waals surface area (Å²) in [6.45, 7) is 4.69. The van der Waals surface area contributed by atoms with Crippen molar-refractivity contribution >= 4 is 11.8 Å². The third kappa shape index (κ3) is 5.14. The number of anilines is 1. The van der Waals surface area contributed by atoms with E-state index in [0.29, 0.717) is 18.8 Å². The van der Waals surface area contributed by atoms with Gasteiger partial charge in [0.15, 0.2) is 0 Å². The molecule has 1 heterocycles. The molecule has 0 fully saturated rings. The Kier molecular flexibility index (Phi) is 6.41. The Morgan fingerprint density at radius 2 is 2.15 bits per heavy atom. The molecule has 0 aromatic carbocycles. The van der Waals surface area contributed by atoms with Gasteiger partial charge in [0.25, 0.3) is 0 Å². The number of aromatic carboxylic acids is 1. The molecule has 112 valence electrons. The molecule has 0 aliphatic carbocycles. The second-order valence-electron chi connectivity index (χ2n) is 4.95. The quantitative estimate of drug-likeness (QED) is 0.672. The number of rotatable bonds is 8. The van der Waals surface area contributed by atoms with Crippen LogP contribution < -0.4 is 5.32 Å². The molecular weight excluding hydrogens is 260 g/mol. The lowest BCUT2D eigenvalue weighted by molar-refractivity contribution is 0.0615. The number of methoxy groups -OCH3 is 1. The van der Waals surface area contributed by atoms with E-state index in [1.165, 1.54) is 13.2 Å². The Hall–Kier alpha value is -1.66. The molecule has 6 heteroatoms. The van der Waals surface area contributed by atoms with Crippen molar-refractivity contribution < 1.29 is 19.7 Å². The van der Waals surface area contributed by atoms with Crippen LogP contribution in [-0.2, 0) is 4.74 Å². The van der Waals surface area contributed by atoms with Gasteiger partial charge < -0.3 is 20.3 Å². The minimum atomic E-state index is -0.975. The zero-order chi connectivity index (χ0) is 15.1. The van der Waals surface area contributed by atoms with Crippen LogP contribution in [0.15, 0.2) is 12.1 Å². The van der Waals surface area contributed by atoms with E-state index in [1.807, 2.05) is 13.8 Å². The van der Waals surface area contributed by atoms with Crippen molar-refractivity contribution in [2.24, 2.45) is 0 Å². The van der Waals surface area contributed by atoms with Gasteiger partial charge in [-0.25, -0.2) is 9.78 Å². The normalized spacial score (nSPS) is 12.4. The average Bonchev–Trinajstić information content (AvgIpc) is 2.38. The molecule has 0 saturated carbocycles. The van der Waals surface area contributed by atoms with E-state index in [-0.39, 0.29) is 18.1 Å². The summed E-state index contributed by atoms with van der Waals surface area (Å²) >= 11 is 0. The molecule has 1 aromatic heterocycles. The van der Waals surface area contributed by atoms with Gasteiger partial charge in [-0.2, -0.15) is 0 Å². The number of aliphatic hydroxyl groups is 1. The molecule has 0 saturated heterocycles. The number of hydrogen-bond acceptors (Lipinski definition) is 5. The number of carboxylic acids is 1. The predicted molar refractivity (Wildman–Crippen MR) is 76.3 cm³/mol. The summed E-state index contributed by atoms with van der Waals surface area (Å²) < 4.78 is 4.84. The Balaban J connectivity index is 2.71. The number of carboxylic acid groups (broad SMARTS) is 1. The SMILES string of the molecule is COCC(O)CCNc1cc(C(=O)O)cc(C(C)C)n1. The average molecular weight is 282 g/mol. The van der Waals surface area contributed by atoms with E-state index in [1.54, 1.807) is 6.07 Å². The molecule has 0 aliphatic rings. The van der Waals surface area contributed by atoms with E-state index < -0.39 is 12.1 Å². The Morgan fingerprint density at radius 3 is 2.70 bits per heavy atom. The highest BCUT2D eigenvalue weighted by Gasteiger charge is 2.11. The lowest BCUT2D eigenvalue weighted by Crippen LogP contribution is -2.19. The minimum absolute atomic E-state index is 0.147. The highest BCUT2D eigenvalue weighted by atomic mass is 16.5. The van der Waals surface area contributed by atoms with Gasteiger partial charge in [-0.1, -0.05) is 13.8 Å². The van der Waals surface area contributed by atoms with E-state index in [9.17, 15) is 9.90 Å². The second kappa shape index (κ2) is 7.81. The van der Waals surface area contributed by atoms with E-state index >= 15 is 0 Å². The Labute approximate surface area is 118 Å². The number of carbonyl (C=O) groups is 1. The number of nitrogens with one attached hydrogen (secondary N) is 1. The number of pyridine rings is 1. The largest absolute Gasteiger partial charge is 0.478 e. The summed E-state index contributed by atoms with van der Waals surface area (Å²) in [5.74, 6) is -0.316. The first-order chi connectivity index (χ1) is 9.43. The van der Waals surface area contributed by atoms with Crippen LogP contribution in [0.2, 0.25) is 0 Å². The first kappa shape index (κ1) is 16.4. The van der Waals surface area contributed by atoms with Crippen LogP contribution in [-0.4, -0.2) is 47.5 Å². The topological polar surface area (TPSA) is 91.7 Å². The van der Waals surface area contributed by atoms with Crippen molar-refractivity contribution in [3.8, 4) is 0 Å². The number of ether oxygens (including phenoxy) is 1. The molecular formula is C14H22N2O4. The van der Waals surface area contributed by atoms with E-state index in [2.05, 4.69) is 10.3 Å². The van der Waals surface area contributed by atoms with Gasteiger partial charge >= 0.3 is 5.97 Å². The van der Waals surface area contributed by atoms with Crippen LogP contribution >= 0.6 is 0 Å². The number of nitrogens with zero attached hydrogens (tertiary/aromatic N) is 1. The third-order valence-corrected chi connectivity index (χ3v) is 2.83. The van der Waals surface area contributed by atoms with E-state index in [0.717, 1.165) is 5.69 Å². The highest BCUT2D eigenvalue weighted by molar-refractivity contribution is 5.88. The first-order valence-corrected chi connectivity index (χ1v) is 6.60. The summed E-state index contributed by atoms with van der Waals surface area (Å²) in [5.41, 5.74) is 0.938. The van der Waals surface area contributed by atoms with Crippen LogP contribution in [0.25, 0.3) is 0 Å². The number of aromatic nitrogens is 1. The van der Waals surface area contributed by atoms with Crippen LogP contribution in [0.4, 0.5) is 5.82 Å². The lowest BCUT2D eigenvalue weighted by atomic mass is 10.1. The molecule has 0 spiro atoms. The first-order valence-electron chi connectivity index (χ1n) is 6.60. The molecule has 1 rings (SSSR count). The fourth-order valence-electron chi connectivity index (χ4n) is 1.70. The molecule has 0 bridgehead atoms. The Bertz CT molecular complexity index is 449. The molecule has 1 atom stereocenters. The standard InChI is InChI=1S/C14H22N2O4/c1-9(2)12-6-10(14(18)19)7-13(16-12)15-5-4-11(17)8-20-3/h6-7,9,11,17H,4-5,8H2,1-3H3,(H,15,16)(H,18,19). The van der Waals surface area contributed by atoms with Gasteiger partial charge in [0.2, 0.25) is 0 Å². The summed E-state index contributed by atoms with van der Waals surface area (Å²) in [7, 11) is 1.53. The predicted octanol–water partition coefficient (Wildman–Crippen LogP) is 1.71. The van der Waals surface area contributed by atoms with Gasteiger partial charge in [0, 0.05) is 19.3 Å². The molecule has 0 aliphatic heterocycles. The maximum atomic E-state index is 11.1. The summed E-state index contributed by atoms with van der Waals surface area (Å²) in [6, 6.07) is 3.08. The van der Waals surface area contributed by atoms with Crippen molar-refractivity contribution in [3.05, 3.63) is 23.4 Å². The van der Waals surface area contributed by atoms with Crippen molar-refractivity contribution in [2.75, 3.05) is 25.6 Å². The van der Waals surface area contributed by atoms with Gasteiger partial charge in [0.05, 0.1) is 18.3 Å². The highest BCUT2D eigenvalue weighted by Crippen LogP contribution is 2.17. The van der Waals surface area contributed by atoms with Crippen molar-refractivity contribution in [3.63, 3.8) is 0 Å². The zero-order valence-corrected chi connectivity index (χ0v) is 12.1. The van der Waals surface area contributed by atoms with Crippen molar-refractivity contribution in [1.82, 2.24) is 4.98 Å². The molecule has 1 aromatic rings. The minimum Gasteiger partial charge on any atom is -0.478 e. The smallest absolute Gasteiger partial charge is 0.335 e. The van der Waals surface area contributed by atoms with Crippen LogP contribution in [0.1, 0.15) is 42.2 Å². The molecule has 6 nitrogen and oxygen atoms in total. The van der Waals surface area contributed by atoms with Crippen molar-refractivity contribution in [2.45, 2.75) is 32.3 Å². The molecule has 20 heavy (non-hydrogen) atoms. The molecule has 3 N–H and O–H groups in total. The van der Waals surface area contributed by atoms with Crippen molar-refractivity contribution in [1.29, 1.82) is 0 Å². The third-order valence-electron chi connectivity index (χ3n) is 2.83. The summed E-state index contributed by atoms with van der Waals surface area (Å²) in [5, 5.41) is 21.7. The monoisotopic (exact) mass is 282 g/mol. The second-order valence-corrected chi connectivity index (χ2v) is 4.95. The summed E-state index contributed by atoms with van der Waals surface area (Å²) in [4.78, 5) is 15.5. The number of hydrogen-bond donors (Lipinski definition) is 3. The molecule has 0 radical (unpaired) electrons. The Morgan fingerprint density at radius 1 is 1.45 bits per heavy atom. The van der Waals surface area contributed by atoms with Crippen LogP contribution in [0.5, 0.6) is 0 Å². The maximum Gasteiger partial charge on any atom is 0.335 e. The lowest BCUT2D eigenvalue weighted by Gasteiger charge is -2.13. The van der Waals surface area contributed by atoms with Gasteiger partial charge in [-0.05, 0) is 24.5 Å². The van der Waals surface area contributed by atoms with E-state index in [4.69, 9.17) is 9.84 Å². The number of aliphatic hydroxyl groups excluding tert-OH is 1. The fraction of sp³-hybridized carbons (Fsp3) is 0.571.